The van der Waals surface area contributed by atoms with Gasteiger partial charge in [-0.3, -0.25) is 4.98 Å². The third kappa shape index (κ3) is 1.16. The molecule has 1 aromatic rings. The monoisotopic (exact) mass is 164 g/mol. The Hall–Kier alpha value is -1.09. The van der Waals surface area contributed by atoms with Crippen LogP contribution in [0.1, 0.15) is 11.1 Å². The van der Waals surface area contributed by atoms with Crippen molar-refractivity contribution >= 4 is 0 Å². The first kappa shape index (κ1) is 7.55. The molecule has 1 aliphatic rings. The highest BCUT2D eigenvalue weighted by atomic mass is 16.5. The van der Waals surface area contributed by atoms with E-state index in [-0.39, 0.29) is 0 Å². The molecule has 0 atom stereocenters. The highest BCUT2D eigenvalue weighted by Gasteiger charge is 2.12. The average molecular weight is 164 g/mol. The van der Waals surface area contributed by atoms with E-state index in [9.17, 15) is 0 Å². The molecular formula is C9H12N2O. The molecule has 2 heterocycles. The van der Waals surface area contributed by atoms with E-state index in [0.29, 0.717) is 0 Å². The Balaban J connectivity index is 2.44. The second-order valence-electron chi connectivity index (χ2n) is 2.91. The molecule has 3 nitrogen and oxygen atoms in total. The van der Waals surface area contributed by atoms with Crippen molar-refractivity contribution in [3.63, 3.8) is 0 Å². The van der Waals surface area contributed by atoms with Crippen molar-refractivity contribution in [3.05, 3.63) is 23.5 Å². The van der Waals surface area contributed by atoms with Crippen molar-refractivity contribution in [2.45, 2.75) is 13.0 Å². The van der Waals surface area contributed by atoms with E-state index in [1.807, 2.05) is 6.20 Å². The van der Waals surface area contributed by atoms with Crippen molar-refractivity contribution < 1.29 is 4.74 Å². The molecule has 0 radical (unpaired) electrons. The molecule has 0 fully saturated rings. The van der Waals surface area contributed by atoms with Gasteiger partial charge in [0.1, 0.15) is 5.75 Å². The fraction of sp³-hybridized carbons (Fsp3) is 0.444. The summed E-state index contributed by atoms with van der Waals surface area (Å²) < 4.78 is 5.21. The summed E-state index contributed by atoms with van der Waals surface area (Å²) in [6.45, 7) is 1.95. The fourth-order valence-electron chi connectivity index (χ4n) is 1.54. The lowest BCUT2D eigenvalue weighted by Crippen LogP contribution is -2.24. The standard InChI is InChI=1S/C9H12N2O/c1-12-9-6-11-4-7-2-3-10-5-8(7)9/h4,6,10H,2-3,5H2,1H3. The van der Waals surface area contributed by atoms with Gasteiger partial charge < -0.3 is 10.1 Å². The van der Waals surface area contributed by atoms with Gasteiger partial charge in [-0.15, -0.1) is 0 Å². The third-order valence-electron chi connectivity index (χ3n) is 2.20. The van der Waals surface area contributed by atoms with Gasteiger partial charge in [-0.1, -0.05) is 0 Å². The van der Waals surface area contributed by atoms with E-state index in [1.165, 1.54) is 11.1 Å². The van der Waals surface area contributed by atoms with Gasteiger partial charge in [0.25, 0.3) is 0 Å². The Morgan fingerprint density at radius 2 is 2.42 bits per heavy atom. The van der Waals surface area contributed by atoms with Gasteiger partial charge in [-0.25, -0.2) is 0 Å². The Morgan fingerprint density at radius 3 is 3.25 bits per heavy atom. The summed E-state index contributed by atoms with van der Waals surface area (Å²) >= 11 is 0. The number of nitrogens with zero attached hydrogens (tertiary/aromatic N) is 1. The van der Waals surface area contributed by atoms with Crippen LogP contribution >= 0.6 is 0 Å². The van der Waals surface area contributed by atoms with Crippen molar-refractivity contribution in [2.24, 2.45) is 0 Å². The zero-order valence-corrected chi connectivity index (χ0v) is 7.13. The maximum Gasteiger partial charge on any atom is 0.141 e. The second-order valence-corrected chi connectivity index (χ2v) is 2.91. The molecule has 12 heavy (non-hydrogen) atoms. The van der Waals surface area contributed by atoms with Gasteiger partial charge in [-0.2, -0.15) is 0 Å². The van der Waals surface area contributed by atoms with Crippen LogP contribution in [0.5, 0.6) is 5.75 Å². The number of hydrogen-bond donors (Lipinski definition) is 1. The molecule has 1 aromatic heterocycles. The number of nitrogens with one attached hydrogen (secondary N) is 1. The molecule has 0 bridgehead atoms. The number of aromatic nitrogens is 1. The van der Waals surface area contributed by atoms with Crippen LogP contribution in [0.2, 0.25) is 0 Å². The second kappa shape index (κ2) is 3.11. The largest absolute Gasteiger partial charge is 0.495 e. The smallest absolute Gasteiger partial charge is 0.141 e. The summed E-state index contributed by atoms with van der Waals surface area (Å²) in [4.78, 5) is 4.12. The summed E-state index contributed by atoms with van der Waals surface area (Å²) in [6, 6.07) is 0. The summed E-state index contributed by atoms with van der Waals surface area (Å²) in [5.41, 5.74) is 2.58. The molecule has 0 saturated carbocycles. The summed E-state index contributed by atoms with van der Waals surface area (Å²) in [5.74, 6) is 0.902. The number of fused-ring (bicyclic) bond motifs is 1. The molecule has 0 saturated heterocycles. The topological polar surface area (TPSA) is 34.1 Å². The van der Waals surface area contributed by atoms with Crippen LogP contribution in [0.15, 0.2) is 12.4 Å². The zero-order valence-electron chi connectivity index (χ0n) is 7.13. The van der Waals surface area contributed by atoms with Gasteiger partial charge in [-0.05, 0) is 18.5 Å². The first-order valence-corrected chi connectivity index (χ1v) is 4.12. The fourth-order valence-corrected chi connectivity index (χ4v) is 1.54. The Labute approximate surface area is 71.8 Å². The first-order chi connectivity index (χ1) is 5.92. The lowest BCUT2D eigenvalue weighted by Gasteiger charge is -2.18. The van der Waals surface area contributed by atoms with Gasteiger partial charge in [0.15, 0.2) is 0 Å². The van der Waals surface area contributed by atoms with Crippen LogP contribution in [0, 0.1) is 0 Å². The number of rotatable bonds is 1. The number of hydrogen-bond acceptors (Lipinski definition) is 3. The summed E-state index contributed by atoms with van der Waals surface area (Å²) in [6.07, 6.45) is 4.75. The number of pyridine rings is 1. The van der Waals surface area contributed by atoms with Crippen molar-refractivity contribution in [3.8, 4) is 5.75 Å². The van der Waals surface area contributed by atoms with E-state index in [2.05, 4.69) is 10.3 Å². The van der Waals surface area contributed by atoms with Crippen LogP contribution in [0.3, 0.4) is 0 Å². The summed E-state index contributed by atoms with van der Waals surface area (Å²) in [5, 5.41) is 3.31. The van der Waals surface area contributed by atoms with Crippen LogP contribution in [-0.2, 0) is 13.0 Å². The predicted octanol–water partition coefficient (Wildman–Crippen LogP) is 0.736. The van der Waals surface area contributed by atoms with E-state index in [1.54, 1.807) is 13.3 Å². The maximum absolute atomic E-state index is 5.21. The SMILES string of the molecule is COc1cncc2c1CNCC2. The normalized spacial score (nSPS) is 15.4. The molecule has 2 rings (SSSR count). The zero-order chi connectivity index (χ0) is 8.39. The lowest BCUT2D eigenvalue weighted by molar-refractivity contribution is 0.402. The van der Waals surface area contributed by atoms with Crippen LogP contribution < -0.4 is 10.1 Å². The molecular weight excluding hydrogens is 152 g/mol. The Bertz CT molecular complexity index is 272. The minimum absolute atomic E-state index is 0.902. The molecule has 0 amide bonds. The van der Waals surface area contributed by atoms with Crippen LogP contribution in [0.4, 0.5) is 0 Å². The van der Waals surface area contributed by atoms with Crippen molar-refractivity contribution in [2.75, 3.05) is 13.7 Å². The summed E-state index contributed by atoms with van der Waals surface area (Å²) in [7, 11) is 1.69. The van der Waals surface area contributed by atoms with Gasteiger partial charge in [0.05, 0.1) is 13.3 Å². The maximum atomic E-state index is 5.21. The highest BCUT2D eigenvalue weighted by molar-refractivity contribution is 5.38. The van der Waals surface area contributed by atoms with E-state index in [4.69, 9.17) is 4.74 Å². The molecule has 64 valence electrons. The number of methoxy groups -OCH3 is 1. The highest BCUT2D eigenvalue weighted by Crippen LogP contribution is 2.22. The molecule has 1 N–H and O–H groups in total. The van der Waals surface area contributed by atoms with Gasteiger partial charge >= 0.3 is 0 Å². The minimum Gasteiger partial charge on any atom is -0.495 e. The van der Waals surface area contributed by atoms with Crippen molar-refractivity contribution in [1.29, 1.82) is 0 Å². The third-order valence-corrected chi connectivity index (χ3v) is 2.20. The van der Waals surface area contributed by atoms with Gasteiger partial charge in [0, 0.05) is 18.3 Å². The Kier molecular flexibility index (Phi) is 1.96. The molecule has 0 aromatic carbocycles. The lowest BCUT2D eigenvalue weighted by atomic mass is 10.0. The van der Waals surface area contributed by atoms with Crippen LogP contribution in [-0.4, -0.2) is 18.6 Å². The molecule has 0 spiro atoms. The van der Waals surface area contributed by atoms with E-state index in [0.717, 1.165) is 25.3 Å². The van der Waals surface area contributed by atoms with Crippen molar-refractivity contribution in [1.82, 2.24) is 10.3 Å². The molecule has 1 aliphatic heterocycles. The predicted molar refractivity (Wildman–Crippen MR) is 46.2 cm³/mol. The van der Waals surface area contributed by atoms with E-state index >= 15 is 0 Å². The molecule has 3 heteroatoms. The van der Waals surface area contributed by atoms with Gasteiger partial charge in [0.2, 0.25) is 0 Å². The quantitative estimate of drug-likeness (QED) is 0.664. The molecule has 0 aliphatic carbocycles. The average Bonchev–Trinajstić information content (AvgIpc) is 2.17. The van der Waals surface area contributed by atoms with E-state index < -0.39 is 0 Å². The first-order valence-electron chi connectivity index (χ1n) is 4.12. The van der Waals surface area contributed by atoms with Crippen LogP contribution in [0.25, 0.3) is 0 Å². The molecule has 0 unspecified atom stereocenters. The number of ether oxygens (including phenoxy) is 1. The Morgan fingerprint density at radius 1 is 1.50 bits per heavy atom. The minimum atomic E-state index is 0.902.